The van der Waals surface area contributed by atoms with Crippen molar-refractivity contribution in [3.8, 4) is 23.0 Å². The second kappa shape index (κ2) is 12.3. The molecule has 210 valence electrons. The normalized spacial score (nSPS) is 14.8. The molecule has 1 aliphatic heterocycles. The van der Waals surface area contributed by atoms with Crippen LogP contribution in [-0.4, -0.2) is 43.1 Å². The van der Waals surface area contributed by atoms with Crippen molar-refractivity contribution in [2.45, 2.75) is 33.2 Å². The van der Waals surface area contributed by atoms with Gasteiger partial charge in [-0.3, -0.25) is 9.36 Å². The predicted molar refractivity (Wildman–Crippen MR) is 153 cm³/mol. The van der Waals surface area contributed by atoms with Crippen LogP contribution < -0.4 is 29.1 Å². The van der Waals surface area contributed by atoms with Gasteiger partial charge in [0.1, 0.15) is 6.04 Å². The highest BCUT2D eigenvalue weighted by Crippen LogP contribution is 2.41. The Morgan fingerprint density at radius 2 is 1.93 bits per heavy atom. The fourth-order valence-corrected chi connectivity index (χ4v) is 5.73. The summed E-state index contributed by atoms with van der Waals surface area (Å²) in [6, 6.07) is 7.92. The lowest BCUT2D eigenvalue weighted by atomic mass is 9.94. The van der Waals surface area contributed by atoms with Crippen molar-refractivity contribution in [1.29, 1.82) is 0 Å². The van der Waals surface area contributed by atoms with Gasteiger partial charge in [-0.25, -0.2) is 9.79 Å². The van der Waals surface area contributed by atoms with E-state index in [1.807, 2.05) is 6.92 Å². The zero-order valence-corrected chi connectivity index (χ0v) is 24.0. The summed E-state index contributed by atoms with van der Waals surface area (Å²) in [5, 5.41) is 10.5. The van der Waals surface area contributed by atoms with Crippen LogP contribution in [0, 0.1) is 0 Å². The molecule has 0 radical (unpaired) electrons. The zero-order valence-electron chi connectivity index (χ0n) is 23.1. The largest absolute Gasteiger partial charge is 0.504 e. The number of hydrogen-bond acceptors (Lipinski definition) is 9. The van der Waals surface area contributed by atoms with Crippen LogP contribution >= 0.6 is 11.3 Å². The topological polar surface area (TPSA) is 109 Å². The van der Waals surface area contributed by atoms with E-state index in [1.165, 1.54) is 30.1 Å². The molecule has 0 spiro atoms. The van der Waals surface area contributed by atoms with Gasteiger partial charge < -0.3 is 24.1 Å². The Labute approximate surface area is 235 Å². The number of para-hydroxylation sites is 1. The highest BCUT2D eigenvalue weighted by atomic mass is 32.1. The van der Waals surface area contributed by atoms with Gasteiger partial charge in [0.05, 0.1) is 43.2 Å². The van der Waals surface area contributed by atoms with E-state index in [1.54, 1.807) is 56.3 Å². The molecule has 2 heterocycles. The summed E-state index contributed by atoms with van der Waals surface area (Å²) >= 11 is 1.20. The Hall–Kier alpha value is -4.31. The van der Waals surface area contributed by atoms with Crippen LogP contribution in [-0.2, 0) is 16.0 Å². The number of methoxy groups -OCH3 is 2. The Bertz CT molecular complexity index is 1670. The fourth-order valence-electron chi connectivity index (χ4n) is 4.68. The van der Waals surface area contributed by atoms with Crippen LogP contribution in [0.25, 0.3) is 6.08 Å². The van der Waals surface area contributed by atoms with Crippen LogP contribution in [0.15, 0.2) is 64.0 Å². The van der Waals surface area contributed by atoms with E-state index in [-0.39, 0.29) is 29.2 Å². The standard InChI is InChI=1S/C30H32N2O7S/c1-7-11-19-14-18(15-22(37-6)26(19)33)16-23-28(34)32-25(20-12-10-13-21(36-5)27(20)38-8-2)24(29(35)39-9-3)17(4)31-30(32)40-23/h7,10,12-16,25,33H,1,8-9,11H2,2-6H3/b23-16+. The molecule has 3 aromatic rings. The number of aromatic nitrogens is 1. The molecule has 1 N–H and O–H groups in total. The second-order valence-electron chi connectivity index (χ2n) is 8.84. The van der Waals surface area contributed by atoms with Crippen LogP contribution in [0.4, 0.5) is 0 Å². The first-order chi connectivity index (χ1) is 19.3. The summed E-state index contributed by atoms with van der Waals surface area (Å²) in [7, 11) is 3.00. The van der Waals surface area contributed by atoms with Crippen molar-refractivity contribution in [2.75, 3.05) is 27.4 Å². The SMILES string of the molecule is C=CCc1cc(/C=c2/sc3n(c2=O)C(c2cccc(OC)c2OCC)C(C(=O)OCC)=C(C)N=3)cc(OC)c1O. The number of ether oxygens (including phenoxy) is 4. The minimum absolute atomic E-state index is 0.0252. The molecule has 0 aliphatic carbocycles. The molecule has 4 rings (SSSR count). The minimum atomic E-state index is -0.861. The number of carbonyl (C=O) groups is 1. The zero-order chi connectivity index (χ0) is 29.0. The molecule has 1 atom stereocenters. The monoisotopic (exact) mass is 564 g/mol. The number of aromatic hydroxyl groups is 1. The molecular formula is C30H32N2O7S. The lowest BCUT2D eigenvalue weighted by Crippen LogP contribution is -2.40. The number of thiazole rings is 1. The predicted octanol–water partition coefficient (Wildman–Crippen LogP) is 3.65. The number of nitrogens with zero attached hydrogens (tertiary/aromatic N) is 2. The van der Waals surface area contributed by atoms with Crippen LogP contribution in [0.5, 0.6) is 23.0 Å². The van der Waals surface area contributed by atoms with Crippen LogP contribution in [0.3, 0.4) is 0 Å². The molecule has 0 amide bonds. The molecule has 2 aromatic carbocycles. The van der Waals surface area contributed by atoms with E-state index in [2.05, 4.69) is 11.6 Å². The molecule has 0 saturated heterocycles. The van der Waals surface area contributed by atoms with E-state index in [9.17, 15) is 14.7 Å². The number of phenolic OH excluding ortho intramolecular Hbond substituents is 1. The Kier molecular flexibility index (Phi) is 8.79. The first kappa shape index (κ1) is 28.7. The molecule has 1 unspecified atom stereocenters. The first-order valence-electron chi connectivity index (χ1n) is 12.8. The van der Waals surface area contributed by atoms with Crippen molar-refractivity contribution in [1.82, 2.24) is 4.57 Å². The van der Waals surface area contributed by atoms with Gasteiger partial charge in [0.25, 0.3) is 5.56 Å². The summed E-state index contributed by atoms with van der Waals surface area (Å²) < 4.78 is 24.1. The van der Waals surface area contributed by atoms with E-state index in [0.717, 1.165) is 0 Å². The maximum atomic E-state index is 14.0. The Morgan fingerprint density at radius 1 is 1.18 bits per heavy atom. The molecular weight excluding hydrogens is 532 g/mol. The van der Waals surface area contributed by atoms with Gasteiger partial charge in [0.2, 0.25) is 0 Å². The first-order valence-corrected chi connectivity index (χ1v) is 13.6. The summed E-state index contributed by atoms with van der Waals surface area (Å²) in [6.45, 7) is 9.56. The number of esters is 1. The summed E-state index contributed by atoms with van der Waals surface area (Å²) in [5.41, 5.74) is 2.20. The number of allylic oxidation sites excluding steroid dienone is 2. The molecule has 0 bridgehead atoms. The molecule has 40 heavy (non-hydrogen) atoms. The fraction of sp³-hybridized carbons (Fsp3) is 0.300. The highest BCUT2D eigenvalue weighted by molar-refractivity contribution is 7.07. The van der Waals surface area contributed by atoms with Gasteiger partial charge in [0, 0.05) is 11.1 Å². The van der Waals surface area contributed by atoms with Gasteiger partial charge in [-0.2, -0.15) is 0 Å². The molecule has 1 aliphatic rings. The lowest BCUT2D eigenvalue weighted by Gasteiger charge is -2.26. The average Bonchev–Trinajstić information content (AvgIpc) is 3.24. The van der Waals surface area contributed by atoms with Crippen LogP contribution in [0.2, 0.25) is 0 Å². The summed E-state index contributed by atoms with van der Waals surface area (Å²) in [4.78, 5) is 32.3. The van der Waals surface area contributed by atoms with Crippen molar-refractivity contribution >= 4 is 23.4 Å². The van der Waals surface area contributed by atoms with E-state index in [0.29, 0.717) is 56.2 Å². The van der Waals surface area contributed by atoms with Crippen LogP contribution in [0.1, 0.15) is 43.5 Å². The highest BCUT2D eigenvalue weighted by Gasteiger charge is 2.36. The Balaban J connectivity index is 2.01. The van der Waals surface area contributed by atoms with Gasteiger partial charge in [-0.1, -0.05) is 29.5 Å². The average molecular weight is 565 g/mol. The Morgan fingerprint density at radius 3 is 2.58 bits per heavy atom. The summed E-state index contributed by atoms with van der Waals surface area (Å²) in [5.74, 6) is 0.656. The van der Waals surface area contributed by atoms with Gasteiger partial charge in [-0.15, -0.1) is 6.58 Å². The molecule has 10 heteroatoms. The number of rotatable bonds is 10. The molecule has 1 aromatic heterocycles. The number of carbonyl (C=O) groups excluding carboxylic acids is 1. The number of hydrogen-bond donors (Lipinski definition) is 1. The maximum Gasteiger partial charge on any atom is 0.338 e. The third kappa shape index (κ3) is 5.27. The van der Waals surface area contributed by atoms with Crippen molar-refractivity contribution in [2.24, 2.45) is 4.99 Å². The van der Waals surface area contributed by atoms with Crippen molar-refractivity contribution in [3.63, 3.8) is 0 Å². The van der Waals surface area contributed by atoms with Gasteiger partial charge in [0.15, 0.2) is 27.8 Å². The third-order valence-corrected chi connectivity index (χ3v) is 7.37. The minimum Gasteiger partial charge on any atom is -0.504 e. The lowest BCUT2D eigenvalue weighted by molar-refractivity contribution is -0.139. The number of phenols is 1. The molecule has 9 nitrogen and oxygen atoms in total. The van der Waals surface area contributed by atoms with Gasteiger partial charge >= 0.3 is 5.97 Å². The van der Waals surface area contributed by atoms with E-state index in [4.69, 9.17) is 18.9 Å². The van der Waals surface area contributed by atoms with Crippen molar-refractivity contribution < 1.29 is 28.8 Å². The summed E-state index contributed by atoms with van der Waals surface area (Å²) in [6.07, 6.45) is 3.81. The number of benzene rings is 2. The van der Waals surface area contributed by atoms with Crippen molar-refractivity contribution in [3.05, 3.63) is 90.6 Å². The quantitative estimate of drug-likeness (QED) is 0.296. The third-order valence-electron chi connectivity index (χ3n) is 6.39. The maximum absolute atomic E-state index is 14.0. The smallest absolute Gasteiger partial charge is 0.338 e. The van der Waals surface area contributed by atoms with E-state index >= 15 is 0 Å². The van der Waals surface area contributed by atoms with Gasteiger partial charge in [-0.05, 0) is 57.0 Å². The van der Waals surface area contributed by atoms with E-state index < -0.39 is 12.0 Å². The number of fused-ring (bicyclic) bond motifs is 1. The molecule has 0 saturated carbocycles. The second-order valence-corrected chi connectivity index (χ2v) is 9.85. The molecule has 0 fully saturated rings.